The van der Waals surface area contributed by atoms with Crippen LogP contribution in [0.2, 0.25) is 0 Å². The van der Waals surface area contributed by atoms with Crippen molar-refractivity contribution in [1.82, 2.24) is 9.97 Å². The maximum absolute atomic E-state index is 5.60. The van der Waals surface area contributed by atoms with Gasteiger partial charge in [-0.1, -0.05) is 0 Å². The number of aryl methyl sites for hydroxylation is 1. The molecule has 0 bridgehead atoms. The first-order valence-electron chi connectivity index (χ1n) is 5.48. The van der Waals surface area contributed by atoms with Gasteiger partial charge in [0.25, 0.3) is 0 Å². The van der Waals surface area contributed by atoms with E-state index in [0.717, 1.165) is 17.3 Å². The van der Waals surface area contributed by atoms with Gasteiger partial charge < -0.3 is 10.6 Å². The maximum atomic E-state index is 5.60. The van der Waals surface area contributed by atoms with Crippen LogP contribution in [0.4, 0.5) is 5.95 Å². The first-order chi connectivity index (χ1) is 7.20. The summed E-state index contributed by atoms with van der Waals surface area (Å²) in [5.41, 5.74) is 7.51. The van der Waals surface area contributed by atoms with Gasteiger partial charge in [0, 0.05) is 25.3 Å². The van der Waals surface area contributed by atoms with Crippen molar-refractivity contribution in [3.05, 3.63) is 17.5 Å². The largest absolute Gasteiger partial charge is 0.341 e. The Labute approximate surface area is 90.5 Å². The van der Waals surface area contributed by atoms with E-state index in [1.54, 1.807) is 0 Å². The zero-order valence-electron chi connectivity index (χ0n) is 9.40. The van der Waals surface area contributed by atoms with Gasteiger partial charge in [0.05, 0.1) is 5.69 Å². The van der Waals surface area contributed by atoms with Gasteiger partial charge in [-0.2, -0.15) is 0 Å². The maximum Gasteiger partial charge on any atom is 0.225 e. The van der Waals surface area contributed by atoms with Crippen molar-refractivity contribution in [2.24, 2.45) is 5.73 Å². The highest BCUT2D eigenvalue weighted by molar-refractivity contribution is 5.33. The van der Waals surface area contributed by atoms with Crippen LogP contribution in [0.1, 0.15) is 30.7 Å². The quantitative estimate of drug-likeness (QED) is 0.808. The minimum atomic E-state index is 0.481. The molecule has 0 saturated heterocycles. The van der Waals surface area contributed by atoms with Crippen molar-refractivity contribution >= 4 is 5.95 Å². The molecule has 4 heteroatoms. The second-order valence-corrected chi connectivity index (χ2v) is 4.20. The smallest absolute Gasteiger partial charge is 0.225 e. The Balaban J connectivity index is 2.22. The van der Waals surface area contributed by atoms with Crippen LogP contribution in [0.3, 0.4) is 0 Å². The van der Waals surface area contributed by atoms with Crippen molar-refractivity contribution in [2.45, 2.75) is 38.8 Å². The summed E-state index contributed by atoms with van der Waals surface area (Å²) >= 11 is 0. The van der Waals surface area contributed by atoms with Crippen LogP contribution in [-0.4, -0.2) is 23.1 Å². The number of anilines is 1. The van der Waals surface area contributed by atoms with Gasteiger partial charge >= 0.3 is 0 Å². The molecule has 0 aliphatic heterocycles. The van der Waals surface area contributed by atoms with E-state index >= 15 is 0 Å². The molecule has 2 N–H and O–H groups in total. The number of hydrogen-bond donors (Lipinski definition) is 1. The van der Waals surface area contributed by atoms with Crippen LogP contribution in [-0.2, 0) is 6.54 Å². The summed E-state index contributed by atoms with van der Waals surface area (Å²) in [6.45, 7) is 2.47. The van der Waals surface area contributed by atoms with Gasteiger partial charge in [-0.15, -0.1) is 0 Å². The fraction of sp³-hybridized carbons (Fsp3) is 0.636. The summed E-state index contributed by atoms with van der Waals surface area (Å²) in [6.07, 6.45) is 3.84. The lowest BCUT2D eigenvalue weighted by atomic mass is 9.92. The highest BCUT2D eigenvalue weighted by Crippen LogP contribution is 2.26. The van der Waals surface area contributed by atoms with E-state index in [4.69, 9.17) is 5.73 Å². The van der Waals surface area contributed by atoms with E-state index < -0.39 is 0 Å². The summed E-state index contributed by atoms with van der Waals surface area (Å²) in [7, 11) is 2.07. The average molecular weight is 206 g/mol. The number of nitrogens with two attached hydrogens (primary N) is 1. The van der Waals surface area contributed by atoms with Crippen molar-refractivity contribution in [2.75, 3.05) is 11.9 Å². The van der Waals surface area contributed by atoms with Gasteiger partial charge in [0.1, 0.15) is 0 Å². The molecule has 1 fully saturated rings. The Kier molecular flexibility index (Phi) is 2.86. The minimum Gasteiger partial charge on any atom is -0.341 e. The first-order valence-corrected chi connectivity index (χ1v) is 5.48. The van der Waals surface area contributed by atoms with Gasteiger partial charge in [-0.25, -0.2) is 9.97 Å². The molecule has 0 atom stereocenters. The summed E-state index contributed by atoms with van der Waals surface area (Å²) in [5, 5.41) is 0. The molecule has 0 spiro atoms. The van der Waals surface area contributed by atoms with Crippen molar-refractivity contribution in [3.63, 3.8) is 0 Å². The topological polar surface area (TPSA) is 55.0 Å². The molecule has 1 heterocycles. The molecule has 15 heavy (non-hydrogen) atoms. The van der Waals surface area contributed by atoms with Crippen LogP contribution in [0, 0.1) is 6.92 Å². The van der Waals surface area contributed by atoms with Crippen LogP contribution in [0.25, 0.3) is 0 Å². The summed E-state index contributed by atoms with van der Waals surface area (Å²) in [5.74, 6) is 0.820. The van der Waals surface area contributed by atoms with Gasteiger partial charge in [0.15, 0.2) is 0 Å². The fourth-order valence-electron chi connectivity index (χ4n) is 1.82. The Morgan fingerprint density at radius 2 is 2.20 bits per heavy atom. The second-order valence-electron chi connectivity index (χ2n) is 4.20. The molecule has 1 aromatic heterocycles. The third-order valence-corrected chi connectivity index (χ3v) is 3.04. The van der Waals surface area contributed by atoms with Crippen LogP contribution >= 0.6 is 0 Å². The standard InChI is InChI=1S/C11H18N4/c1-8-6-9(7-12)14-11(13-8)15(2)10-4-3-5-10/h6,10H,3-5,7,12H2,1-2H3. The van der Waals surface area contributed by atoms with E-state index in [0.29, 0.717) is 12.6 Å². The number of hydrogen-bond acceptors (Lipinski definition) is 4. The highest BCUT2D eigenvalue weighted by atomic mass is 15.3. The fourth-order valence-corrected chi connectivity index (χ4v) is 1.82. The van der Waals surface area contributed by atoms with Gasteiger partial charge in [-0.05, 0) is 32.3 Å². The monoisotopic (exact) mass is 206 g/mol. The minimum absolute atomic E-state index is 0.481. The molecule has 0 amide bonds. The molecular weight excluding hydrogens is 188 g/mol. The van der Waals surface area contributed by atoms with Crippen molar-refractivity contribution in [3.8, 4) is 0 Å². The van der Waals surface area contributed by atoms with Crippen molar-refractivity contribution in [1.29, 1.82) is 0 Å². The number of rotatable bonds is 3. The molecule has 82 valence electrons. The Morgan fingerprint density at radius 3 is 2.73 bits per heavy atom. The molecule has 1 aliphatic carbocycles. The second kappa shape index (κ2) is 4.14. The Bertz CT molecular complexity index is 346. The predicted molar refractivity (Wildman–Crippen MR) is 60.7 cm³/mol. The molecule has 4 nitrogen and oxygen atoms in total. The molecule has 2 rings (SSSR count). The summed E-state index contributed by atoms with van der Waals surface area (Å²) < 4.78 is 0. The number of aromatic nitrogens is 2. The molecule has 1 aromatic rings. The first kappa shape index (κ1) is 10.4. The van der Waals surface area contributed by atoms with Gasteiger partial charge in [0.2, 0.25) is 5.95 Å². The van der Waals surface area contributed by atoms with Crippen LogP contribution < -0.4 is 10.6 Å². The lowest BCUT2D eigenvalue weighted by Crippen LogP contribution is -2.38. The third kappa shape index (κ3) is 2.09. The van der Waals surface area contributed by atoms with E-state index in [2.05, 4.69) is 21.9 Å². The molecule has 0 radical (unpaired) electrons. The van der Waals surface area contributed by atoms with Crippen molar-refractivity contribution < 1.29 is 0 Å². The molecular formula is C11H18N4. The van der Waals surface area contributed by atoms with E-state index in [-0.39, 0.29) is 0 Å². The highest BCUT2D eigenvalue weighted by Gasteiger charge is 2.23. The van der Waals surface area contributed by atoms with Crippen LogP contribution in [0.15, 0.2) is 6.07 Å². The predicted octanol–water partition coefficient (Wildman–Crippen LogP) is 1.23. The zero-order valence-corrected chi connectivity index (χ0v) is 9.40. The third-order valence-electron chi connectivity index (χ3n) is 3.04. The Morgan fingerprint density at radius 1 is 1.47 bits per heavy atom. The lowest BCUT2D eigenvalue weighted by Gasteiger charge is -2.34. The van der Waals surface area contributed by atoms with E-state index in [1.165, 1.54) is 19.3 Å². The molecule has 0 aromatic carbocycles. The SMILES string of the molecule is Cc1cc(CN)nc(N(C)C2CCC2)n1. The zero-order chi connectivity index (χ0) is 10.8. The Hall–Kier alpha value is -1.16. The molecule has 1 aliphatic rings. The van der Waals surface area contributed by atoms with E-state index in [9.17, 15) is 0 Å². The van der Waals surface area contributed by atoms with Crippen LogP contribution in [0.5, 0.6) is 0 Å². The number of nitrogens with zero attached hydrogens (tertiary/aromatic N) is 3. The summed E-state index contributed by atoms with van der Waals surface area (Å²) in [4.78, 5) is 11.1. The lowest BCUT2D eigenvalue weighted by molar-refractivity contribution is 0.396. The molecule has 1 saturated carbocycles. The van der Waals surface area contributed by atoms with E-state index in [1.807, 2.05) is 13.0 Å². The normalized spacial score (nSPS) is 16.2. The summed E-state index contributed by atoms with van der Waals surface area (Å²) in [6, 6.07) is 2.57. The molecule has 0 unspecified atom stereocenters. The van der Waals surface area contributed by atoms with Gasteiger partial charge in [-0.3, -0.25) is 0 Å². The average Bonchev–Trinajstić information content (AvgIpc) is 2.14.